The molecule has 8 atom stereocenters. The molecule has 45 heavy (non-hydrogen) atoms. The monoisotopic (exact) mass is 686 g/mol. The van der Waals surface area contributed by atoms with Gasteiger partial charge in [-0.2, -0.15) is 4.98 Å². The predicted molar refractivity (Wildman–Crippen MR) is 170 cm³/mol. The molecule has 0 aromatic carbocycles. The second-order valence-corrected chi connectivity index (χ2v) is 11.1. The summed E-state index contributed by atoms with van der Waals surface area (Å²) >= 11 is 8.54. The van der Waals surface area contributed by atoms with Gasteiger partial charge in [-0.3, -0.25) is 18.9 Å². The highest BCUT2D eigenvalue weighted by molar-refractivity contribution is 7.80. The Morgan fingerprint density at radius 2 is 1.98 bits per heavy atom. The van der Waals surface area contributed by atoms with Crippen molar-refractivity contribution in [1.82, 2.24) is 39.0 Å². The number of hydrogen-bond acceptors (Lipinski definition) is 17. The van der Waals surface area contributed by atoms with E-state index < -0.39 is 47.6 Å². The van der Waals surface area contributed by atoms with Crippen LogP contribution in [0.2, 0.25) is 0 Å². The molecule has 1 fully saturated rings. The molecule has 246 valence electrons. The van der Waals surface area contributed by atoms with E-state index in [1.165, 1.54) is 17.2 Å². The molecular weight excluding hydrogens is 651 g/mol. The second kappa shape index (κ2) is 14.4. The Labute approximate surface area is 270 Å². The third-order valence-corrected chi connectivity index (χ3v) is 8.54. The van der Waals surface area contributed by atoms with Crippen LogP contribution in [0.25, 0.3) is 22.3 Å². The van der Waals surface area contributed by atoms with E-state index in [4.69, 9.17) is 43.9 Å². The number of nitrogens with one attached hydrogen (secondary N) is 1. The van der Waals surface area contributed by atoms with Crippen LogP contribution in [0.4, 0.5) is 11.8 Å². The molecule has 4 aromatic rings. The minimum absolute atomic E-state index is 0.0311. The normalized spacial score (nSPS) is 22.1. The number of H-pyrrole nitrogens is 1. The number of methoxy groups -OCH3 is 2. The van der Waals surface area contributed by atoms with Crippen LogP contribution in [-0.4, -0.2) is 90.1 Å². The number of aromatic nitrogens is 8. The third kappa shape index (κ3) is 6.62. The molecule has 0 spiro atoms. The standard InChI is InChI=1S/C24H35N10O8PS2/c1-4-24(37-3,7-39-43)11(20(36-2)33-9-29-14-16(25)27-8-28-17(14)33)6-38-23(44)41-13-5-12(42-45)21(40-13)34-10-30-15-18(34)31-22(26)32-19(15)35/h8-13,20-21,23,44-45H,4-7,43H2,1-3H3,(H2,25,27,28)(H3,26,31,32,35)/t11-,12-,13?,20+,21+,23?,24+/m0/s1. The Balaban J connectivity index is 1.35. The lowest BCUT2D eigenvalue weighted by Crippen LogP contribution is -2.50. The van der Waals surface area contributed by atoms with E-state index in [1.807, 2.05) is 6.92 Å². The lowest BCUT2D eigenvalue weighted by molar-refractivity contribution is -0.230. The van der Waals surface area contributed by atoms with Crippen molar-refractivity contribution in [3.8, 4) is 0 Å². The largest absolute Gasteiger partial charge is 0.382 e. The van der Waals surface area contributed by atoms with Gasteiger partial charge >= 0.3 is 0 Å². The van der Waals surface area contributed by atoms with Gasteiger partial charge in [0.05, 0.1) is 31.8 Å². The van der Waals surface area contributed by atoms with Crippen molar-refractivity contribution in [2.75, 3.05) is 38.9 Å². The van der Waals surface area contributed by atoms with E-state index in [2.05, 4.69) is 64.9 Å². The van der Waals surface area contributed by atoms with Crippen LogP contribution in [0.5, 0.6) is 0 Å². The van der Waals surface area contributed by atoms with Crippen LogP contribution in [0.15, 0.2) is 23.8 Å². The molecule has 0 amide bonds. The highest BCUT2D eigenvalue weighted by atomic mass is 32.1. The molecule has 0 saturated carbocycles. The number of aromatic amines is 1. The van der Waals surface area contributed by atoms with E-state index >= 15 is 0 Å². The first kappa shape index (κ1) is 33.7. The summed E-state index contributed by atoms with van der Waals surface area (Å²) in [5.41, 5.74) is 10.6. The Kier molecular flexibility index (Phi) is 10.8. The van der Waals surface area contributed by atoms with Gasteiger partial charge in [-0.05, 0) is 19.3 Å². The lowest BCUT2D eigenvalue weighted by Gasteiger charge is -2.42. The SMILES string of the molecule is CC[C@](COP)(OC)[C@@H](COC(S)OC1C[C@H](OS)[C@H](n2cnc3c(=O)[nH]c(N)nc32)O1)[C@@H](OC)n1cnc2c(N)ncnc21. The maximum atomic E-state index is 12.3. The van der Waals surface area contributed by atoms with E-state index in [-0.39, 0.29) is 42.6 Å². The topological polar surface area (TPSA) is 224 Å². The van der Waals surface area contributed by atoms with Crippen molar-refractivity contribution in [2.24, 2.45) is 5.92 Å². The van der Waals surface area contributed by atoms with Gasteiger partial charge in [0, 0.05) is 30.1 Å². The second-order valence-electron chi connectivity index (χ2n) is 10.1. The predicted octanol–water partition coefficient (Wildman–Crippen LogP) is 1.21. The van der Waals surface area contributed by atoms with Crippen molar-refractivity contribution in [3.63, 3.8) is 0 Å². The summed E-state index contributed by atoms with van der Waals surface area (Å²) in [6.07, 6.45) is 2.18. The number of nitrogens with two attached hydrogens (primary N) is 2. The van der Waals surface area contributed by atoms with E-state index in [0.717, 1.165) is 0 Å². The molecule has 4 aromatic heterocycles. The molecule has 21 heteroatoms. The molecule has 1 aliphatic rings. The van der Waals surface area contributed by atoms with Gasteiger partial charge < -0.3 is 43.9 Å². The van der Waals surface area contributed by atoms with Crippen LogP contribution < -0.4 is 17.0 Å². The molecule has 0 radical (unpaired) electrons. The summed E-state index contributed by atoms with van der Waals surface area (Å²) in [7, 11) is 5.39. The molecule has 3 unspecified atom stereocenters. The van der Waals surface area contributed by atoms with Gasteiger partial charge in [0.25, 0.3) is 5.56 Å². The number of thiol groups is 2. The van der Waals surface area contributed by atoms with Crippen LogP contribution in [-0.2, 0) is 32.4 Å². The number of fused-ring (bicyclic) bond motifs is 2. The molecule has 5 rings (SSSR count). The quantitative estimate of drug-likeness (QED) is 0.0513. The van der Waals surface area contributed by atoms with Crippen LogP contribution >= 0.6 is 35.0 Å². The summed E-state index contributed by atoms with van der Waals surface area (Å²) in [4.78, 5) is 35.8. The fraction of sp³-hybridized carbons (Fsp3) is 0.583. The zero-order chi connectivity index (χ0) is 32.3. The van der Waals surface area contributed by atoms with Crippen LogP contribution in [0, 0.1) is 5.92 Å². The van der Waals surface area contributed by atoms with Gasteiger partial charge in [0.15, 0.2) is 35.1 Å². The Hall–Kier alpha value is -2.65. The van der Waals surface area contributed by atoms with Crippen LogP contribution in [0.1, 0.15) is 32.2 Å². The number of rotatable bonds is 15. The first-order chi connectivity index (χ1) is 21.7. The number of imidazole rings is 2. The Morgan fingerprint density at radius 3 is 2.67 bits per heavy atom. The van der Waals surface area contributed by atoms with Gasteiger partial charge in [-0.25, -0.2) is 19.9 Å². The van der Waals surface area contributed by atoms with E-state index in [9.17, 15) is 4.79 Å². The van der Waals surface area contributed by atoms with E-state index in [0.29, 0.717) is 17.6 Å². The summed E-state index contributed by atoms with van der Waals surface area (Å²) in [6.45, 7) is 2.19. The molecule has 1 aliphatic heterocycles. The minimum atomic E-state index is -1.06. The van der Waals surface area contributed by atoms with Gasteiger partial charge in [-0.1, -0.05) is 6.92 Å². The zero-order valence-corrected chi connectivity index (χ0v) is 27.5. The summed E-state index contributed by atoms with van der Waals surface area (Å²) in [6, 6.07) is 0. The number of anilines is 2. The first-order valence-corrected chi connectivity index (χ1v) is 15.0. The van der Waals surface area contributed by atoms with Crippen molar-refractivity contribution >= 4 is 69.1 Å². The molecule has 5 heterocycles. The highest BCUT2D eigenvalue weighted by Crippen LogP contribution is 2.39. The van der Waals surface area contributed by atoms with Crippen LogP contribution in [0.3, 0.4) is 0 Å². The van der Waals surface area contributed by atoms with Crippen molar-refractivity contribution in [2.45, 2.75) is 55.8 Å². The van der Waals surface area contributed by atoms with Gasteiger partial charge in [0.1, 0.15) is 29.8 Å². The summed E-state index contributed by atoms with van der Waals surface area (Å²) in [5.74, 6) is -0.343. The first-order valence-electron chi connectivity index (χ1n) is 13.7. The number of nitrogen functional groups attached to an aromatic ring is 2. The fourth-order valence-corrected chi connectivity index (χ4v) is 6.20. The minimum Gasteiger partial charge on any atom is -0.382 e. The molecule has 5 N–H and O–H groups in total. The molecule has 1 saturated heterocycles. The molecular formula is C24H35N10O8PS2. The van der Waals surface area contributed by atoms with E-state index in [1.54, 1.807) is 25.1 Å². The Morgan fingerprint density at radius 1 is 1.20 bits per heavy atom. The smallest absolute Gasteiger partial charge is 0.280 e. The molecule has 0 bridgehead atoms. The average Bonchev–Trinajstić information content (AvgIpc) is 3.75. The molecule has 18 nitrogen and oxygen atoms in total. The number of hydrogen-bond donors (Lipinski definition) is 5. The number of ether oxygens (including phenoxy) is 5. The Bertz CT molecular complexity index is 1660. The lowest BCUT2D eigenvalue weighted by atomic mass is 9.84. The van der Waals surface area contributed by atoms with Gasteiger partial charge in [-0.15, -0.1) is 12.6 Å². The summed E-state index contributed by atoms with van der Waals surface area (Å²) < 4.78 is 44.4. The zero-order valence-electron chi connectivity index (χ0n) is 24.5. The van der Waals surface area contributed by atoms with Crippen molar-refractivity contribution < 1.29 is 32.4 Å². The highest BCUT2D eigenvalue weighted by Gasteiger charge is 2.45. The van der Waals surface area contributed by atoms with Gasteiger partial charge in [0.2, 0.25) is 11.6 Å². The molecule has 0 aliphatic carbocycles. The maximum absolute atomic E-state index is 12.3. The third-order valence-electron chi connectivity index (χ3n) is 7.84. The number of nitrogens with zero attached hydrogens (tertiary/aromatic N) is 7. The fourth-order valence-electron chi connectivity index (χ4n) is 5.51. The summed E-state index contributed by atoms with van der Waals surface area (Å²) in [5, 5.41) is 0. The van der Waals surface area contributed by atoms with Crippen molar-refractivity contribution in [1.29, 1.82) is 0 Å². The average molecular weight is 687 g/mol. The van der Waals surface area contributed by atoms with Crippen molar-refractivity contribution in [3.05, 3.63) is 29.3 Å². The maximum Gasteiger partial charge on any atom is 0.280 e.